The molecule has 3 nitrogen and oxygen atoms in total. The fraction of sp³-hybridized carbons (Fsp3) is 0.750. The van der Waals surface area contributed by atoms with Gasteiger partial charge < -0.3 is 10.2 Å². The lowest BCUT2D eigenvalue weighted by Gasteiger charge is -2.37. The SMILES string of the molecule is CC1CCN(Cc2ccc(C3CC3C)o2)C(CN)C1. The van der Waals surface area contributed by atoms with Gasteiger partial charge in [0.2, 0.25) is 0 Å². The molecule has 2 aliphatic rings. The Morgan fingerprint density at radius 3 is 2.79 bits per heavy atom. The van der Waals surface area contributed by atoms with Gasteiger partial charge in [0.1, 0.15) is 11.5 Å². The highest BCUT2D eigenvalue weighted by atomic mass is 16.3. The molecule has 4 atom stereocenters. The summed E-state index contributed by atoms with van der Waals surface area (Å²) >= 11 is 0. The van der Waals surface area contributed by atoms with Crippen molar-refractivity contribution in [3.05, 3.63) is 23.7 Å². The highest BCUT2D eigenvalue weighted by Gasteiger charge is 2.36. The maximum Gasteiger partial charge on any atom is 0.118 e. The number of likely N-dealkylation sites (tertiary alicyclic amines) is 1. The lowest BCUT2D eigenvalue weighted by atomic mass is 9.92. The maximum atomic E-state index is 6.02. The molecule has 3 heteroatoms. The number of hydrogen-bond donors (Lipinski definition) is 1. The van der Waals surface area contributed by atoms with E-state index in [0.717, 1.165) is 37.2 Å². The zero-order valence-electron chi connectivity index (χ0n) is 12.1. The minimum atomic E-state index is 0.525. The van der Waals surface area contributed by atoms with Crippen molar-refractivity contribution in [1.29, 1.82) is 0 Å². The van der Waals surface area contributed by atoms with Crippen molar-refractivity contribution in [1.82, 2.24) is 4.90 Å². The van der Waals surface area contributed by atoms with Crippen LogP contribution in [-0.2, 0) is 6.54 Å². The average molecular weight is 262 g/mol. The van der Waals surface area contributed by atoms with E-state index in [1.165, 1.54) is 25.0 Å². The van der Waals surface area contributed by atoms with E-state index in [1.807, 2.05) is 0 Å². The van der Waals surface area contributed by atoms with E-state index < -0.39 is 0 Å². The normalized spacial score (nSPS) is 35.5. The average Bonchev–Trinajstić information content (AvgIpc) is 2.95. The summed E-state index contributed by atoms with van der Waals surface area (Å²) in [5.74, 6) is 4.61. The third-order valence-electron chi connectivity index (χ3n) is 4.89. The Bertz CT molecular complexity index is 428. The molecule has 0 bridgehead atoms. The van der Waals surface area contributed by atoms with Crippen LogP contribution in [0.15, 0.2) is 16.5 Å². The van der Waals surface area contributed by atoms with E-state index in [4.69, 9.17) is 10.2 Å². The Balaban J connectivity index is 1.62. The molecule has 2 N–H and O–H groups in total. The third kappa shape index (κ3) is 2.87. The van der Waals surface area contributed by atoms with Crippen molar-refractivity contribution < 1.29 is 4.42 Å². The number of nitrogens with two attached hydrogens (primary N) is 1. The second-order valence-corrected chi connectivity index (χ2v) is 6.61. The summed E-state index contributed by atoms with van der Waals surface area (Å²) in [4.78, 5) is 2.50. The smallest absolute Gasteiger partial charge is 0.118 e. The second-order valence-electron chi connectivity index (χ2n) is 6.61. The van der Waals surface area contributed by atoms with Crippen LogP contribution in [0.3, 0.4) is 0 Å². The van der Waals surface area contributed by atoms with Gasteiger partial charge in [0, 0.05) is 18.5 Å². The van der Waals surface area contributed by atoms with Crippen LogP contribution < -0.4 is 5.73 Å². The van der Waals surface area contributed by atoms with Crippen molar-refractivity contribution in [3.63, 3.8) is 0 Å². The maximum absolute atomic E-state index is 6.02. The summed E-state index contributed by atoms with van der Waals surface area (Å²) in [5.41, 5.74) is 5.92. The highest BCUT2D eigenvalue weighted by molar-refractivity contribution is 5.17. The number of piperidine rings is 1. The largest absolute Gasteiger partial charge is 0.464 e. The summed E-state index contributed by atoms with van der Waals surface area (Å²) in [7, 11) is 0. The fourth-order valence-electron chi connectivity index (χ4n) is 3.35. The monoisotopic (exact) mass is 262 g/mol. The molecule has 0 spiro atoms. The van der Waals surface area contributed by atoms with Crippen molar-refractivity contribution in [2.75, 3.05) is 13.1 Å². The lowest BCUT2D eigenvalue weighted by molar-refractivity contribution is 0.106. The van der Waals surface area contributed by atoms with Gasteiger partial charge in [0.25, 0.3) is 0 Å². The fourth-order valence-corrected chi connectivity index (χ4v) is 3.35. The molecule has 1 aliphatic carbocycles. The molecular weight excluding hydrogens is 236 g/mol. The van der Waals surface area contributed by atoms with E-state index in [9.17, 15) is 0 Å². The van der Waals surface area contributed by atoms with E-state index in [1.54, 1.807) is 0 Å². The van der Waals surface area contributed by atoms with Gasteiger partial charge in [-0.05, 0) is 49.8 Å². The lowest BCUT2D eigenvalue weighted by Crippen LogP contribution is -2.45. The molecule has 1 saturated heterocycles. The minimum absolute atomic E-state index is 0.525. The zero-order valence-corrected chi connectivity index (χ0v) is 12.1. The Hall–Kier alpha value is -0.800. The molecule has 1 aliphatic heterocycles. The highest BCUT2D eigenvalue weighted by Crippen LogP contribution is 2.47. The van der Waals surface area contributed by atoms with Gasteiger partial charge in [0.05, 0.1) is 6.54 Å². The zero-order chi connectivity index (χ0) is 13.4. The first-order valence-electron chi connectivity index (χ1n) is 7.70. The Morgan fingerprint density at radius 1 is 1.32 bits per heavy atom. The molecule has 106 valence electrons. The molecule has 2 heterocycles. The van der Waals surface area contributed by atoms with E-state index in [0.29, 0.717) is 12.0 Å². The molecular formula is C16H26N2O. The van der Waals surface area contributed by atoms with Crippen LogP contribution in [0.25, 0.3) is 0 Å². The van der Waals surface area contributed by atoms with Gasteiger partial charge in [-0.25, -0.2) is 0 Å². The predicted molar refractivity (Wildman–Crippen MR) is 76.9 cm³/mol. The van der Waals surface area contributed by atoms with Crippen LogP contribution in [0.1, 0.15) is 50.5 Å². The Labute approximate surface area is 116 Å². The van der Waals surface area contributed by atoms with E-state index >= 15 is 0 Å². The summed E-state index contributed by atoms with van der Waals surface area (Å²) < 4.78 is 6.02. The summed E-state index contributed by atoms with van der Waals surface area (Å²) in [5, 5.41) is 0. The number of hydrogen-bond acceptors (Lipinski definition) is 3. The van der Waals surface area contributed by atoms with Crippen molar-refractivity contribution in [2.45, 2.75) is 51.6 Å². The molecule has 0 aromatic carbocycles. The number of furan rings is 1. The quantitative estimate of drug-likeness (QED) is 0.907. The van der Waals surface area contributed by atoms with Crippen LogP contribution in [0.4, 0.5) is 0 Å². The number of nitrogens with zero attached hydrogens (tertiary/aromatic N) is 1. The Morgan fingerprint density at radius 2 is 2.11 bits per heavy atom. The second kappa shape index (κ2) is 5.29. The van der Waals surface area contributed by atoms with Crippen LogP contribution >= 0.6 is 0 Å². The summed E-state index contributed by atoms with van der Waals surface area (Å²) in [6.07, 6.45) is 3.80. The molecule has 3 rings (SSSR count). The molecule has 0 radical (unpaired) electrons. The third-order valence-corrected chi connectivity index (χ3v) is 4.89. The van der Waals surface area contributed by atoms with Gasteiger partial charge in [-0.3, -0.25) is 4.90 Å². The van der Waals surface area contributed by atoms with Gasteiger partial charge in [-0.1, -0.05) is 13.8 Å². The molecule has 1 aromatic rings. The van der Waals surface area contributed by atoms with E-state index in [-0.39, 0.29) is 0 Å². The number of rotatable bonds is 4. The van der Waals surface area contributed by atoms with Gasteiger partial charge in [-0.15, -0.1) is 0 Å². The molecule has 2 fully saturated rings. The van der Waals surface area contributed by atoms with Crippen LogP contribution in [0, 0.1) is 11.8 Å². The first-order valence-corrected chi connectivity index (χ1v) is 7.70. The van der Waals surface area contributed by atoms with Gasteiger partial charge in [-0.2, -0.15) is 0 Å². The van der Waals surface area contributed by atoms with Crippen LogP contribution in [0.2, 0.25) is 0 Å². The molecule has 0 amide bonds. The van der Waals surface area contributed by atoms with Gasteiger partial charge in [0.15, 0.2) is 0 Å². The predicted octanol–water partition coefficient (Wildman–Crippen LogP) is 2.96. The standard InChI is InChI=1S/C16H26N2O/c1-11-5-6-18(13(7-11)9-17)10-14-3-4-16(19-14)15-8-12(15)2/h3-4,11-13,15H,5-10,17H2,1-2H3. The van der Waals surface area contributed by atoms with Crippen molar-refractivity contribution in [2.24, 2.45) is 17.6 Å². The van der Waals surface area contributed by atoms with Gasteiger partial charge >= 0.3 is 0 Å². The van der Waals surface area contributed by atoms with Crippen LogP contribution in [0.5, 0.6) is 0 Å². The first-order chi connectivity index (χ1) is 9.17. The first kappa shape index (κ1) is 13.2. The summed E-state index contributed by atoms with van der Waals surface area (Å²) in [6.45, 7) is 7.47. The molecule has 19 heavy (non-hydrogen) atoms. The van der Waals surface area contributed by atoms with Crippen LogP contribution in [-0.4, -0.2) is 24.0 Å². The topological polar surface area (TPSA) is 42.4 Å². The van der Waals surface area contributed by atoms with Crippen molar-refractivity contribution >= 4 is 0 Å². The van der Waals surface area contributed by atoms with Crippen molar-refractivity contribution in [3.8, 4) is 0 Å². The molecule has 1 saturated carbocycles. The molecule has 1 aromatic heterocycles. The minimum Gasteiger partial charge on any atom is -0.464 e. The Kier molecular flexibility index (Phi) is 3.68. The van der Waals surface area contributed by atoms with E-state index in [2.05, 4.69) is 30.9 Å². The summed E-state index contributed by atoms with van der Waals surface area (Å²) in [6, 6.07) is 4.86. The molecule has 4 unspecified atom stereocenters.